The third-order valence-corrected chi connectivity index (χ3v) is 4.73. The fraction of sp³-hybridized carbons (Fsp3) is 0.650. The highest BCUT2D eigenvalue weighted by Gasteiger charge is 2.18. The molecule has 0 bridgehead atoms. The molecule has 5 heteroatoms. The van der Waals surface area contributed by atoms with Crippen molar-refractivity contribution in [2.75, 3.05) is 53.0 Å². The van der Waals surface area contributed by atoms with Crippen LogP contribution in [0.15, 0.2) is 24.3 Å². The van der Waals surface area contributed by atoms with Crippen LogP contribution in [0, 0.1) is 0 Å². The van der Waals surface area contributed by atoms with Crippen molar-refractivity contribution < 1.29 is 9.53 Å². The standard InChI is InChI=1S/C20H33N3O2/c1-17(2)19-7-5-18(6-8-19)15-22-10-12-23(13-11-22)16-20(24)21-9-4-14-25-3/h5-8,17H,4,9-16H2,1-3H3,(H,21,24). The van der Waals surface area contributed by atoms with Crippen LogP contribution in [0.4, 0.5) is 0 Å². The zero-order valence-corrected chi connectivity index (χ0v) is 16.0. The summed E-state index contributed by atoms with van der Waals surface area (Å²) >= 11 is 0. The minimum absolute atomic E-state index is 0.119. The Bertz CT molecular complexity index is 508. The Hall–Kier alpha value is -1.43. The molecule has 0 unspecified atom stereocenters. The third-order valence-electron chi connectivity index (χ3n) is 4.73. The molecule has 0 saturated carbocycles. The van der Waals surface area contributed by atoms with Gasteiger partial charge in [-0.25, -0.2) is 0 Å². The average Bonchev–Trinajstić information content (AvgIpc) is 2.61. The van der Waals surface area contributed by atoms with Gasteiger partial charge < -0.3 is 10.1 Å². The van der Waals surface area contributed by atoms with Gasteiger partial charge in [0.1, 0.15) is 0 Å². The van der Waals surface area contributed by atoms with Gasteiger partial charge in [-0.05, 0) is 23.5 Å². The summed E-state index contributed by atoms with van der Waals surface area (Å²) in [6.07, 6.45) is 0.867. The molecule has 2 rings (SSSR count). The van der Waals surface area contributed by atoms with Crippen LogP contribution in [0.5, 0.6) is 0 Å². The molecule has 1 saturated heterocycles. The first kappa shape index (κ1) is 19.9. The molecule has 1 fully saturated rings. The van der Waals surface area contributed by atoms with E-state index in [1.807, 2.05) is 0 Å². The molecule has 1 aliphatic rings. The lowest BCUT2D eigenvalue weighted by molar-refractivity contribution is -0.122. The predicted molar refractivity (Wildman–Crippen MR) is 102 cm³/mol. The monoisotopic (exact) mass is 347 g/mol. The average molecular weight is 348 g/mol. The van der Waals surface area contributed by atoms with E-state index in [2.05, 4.69) is 53.2 Å². The number of ether oxygens (including phenoxy) is 1. The van der Waals surface area contributed by atoms with Crippen molar-refractivity contribution in [3.8, 4) is 0 Å². The number of hydrogen-bond donors (Lipinski definition) is 1. The second-order valence-electron chi connectivity index (χ2n) is 7.14. The molecule has 1 N–H and O–H groups in total. The van der Waals surface area contributed by atoms with Gasteiger partial charge >= 0.3 is 0 Å². The first-order chi connectivity index (χ1) is 12.1. The van der Waals surface area contributed by atoms with E-state index < -0.39 is 0 Å². The molecule has 0 spiro atoms. The summed E-state index contributed by atoms with van der Waals surface area (Å²) in [5, 5.41) is 2.96. The Morgan fingerprint density at radius 2 is 1.76 bits per heavy atom. The van der Waals surface area contributed by atoms with Crippen molar-refractivity contribution in [2.45, 2.75) is 32.7 Å². The maximum Gasteiger partial charge on any atom is 0.234 e. The number of piperazine rings is 1. The van der Waals surface area contributed by atoms with E-state index in [-0.39, 0.29) is 5.91 Å². The highest BCUT2D eigenvalue weighted by atomic mass is 16.5. The summed E-state index contributed by atoms with van der Waals surface area (Å²) in [6, 6.07) is 8.97. The van der Waals surface area contributed by atoms with Crippen molar-refractivity contribution in [3.63, 3.8) is 0 Å². The van der Waals surface area contributed by atoms with Crippen molar-refractivity contribution >= 4 is 5.91 Å². The molecule has 25 heavy (non-hydrogen) atoms. The molecule has 1 amide bonds. The number of amides is 1. The van der Waals surface area contributed by atoms with Crippen LogP contribution in [-0.2, 0) is 16.1 Å². The minimum Gasteiger partial charge on any atom is -0.385 e. The fourth-order valence-electron chi connectivity index (χ4n) is 3.07. The van der Waals surface area contributed by atoms with Crippen LogP contribution < -0.4 is 5.32 Å². The van der Waals surface area contributed by atoms with Crippen LogP contribution >= 0.6 is 0 Å². The van der Waals surface area contributed by atoms with Gasteiger partial charge in [0.2, 0.25) is 5.91 Å². The second-order valence-corrected chi connectivity index (χ2v) is 7.14. The SMILES string of the molecule is COCCCNC(=O)CN1CCN(Cc2ccc(C(C)C)cc2)CC1. The van der Waals surface area contributed by atoms with E-state index >= 15 is 0 Å². The Kier molecular flexibility index (Phi) is 8.38. The molecular weight excluding hydrogens is 314 g/mol. The molecule has 0 aromatic heterocycles. The zero-order chi connectivity index (χ0) is 18.1. The molecule has 1 aromatic rings. The van der Waals surface area contributed by atoms with Crippen molar-refractivity contribution in [2.24, 2.45) is 0 Å². The summed E-state index contributed by atoms with van der Waals surface area (Å²) in [5.74, 6) is 0.701. The summed E-state index contributed by atoms with van der Waals surface area (Å²) < 4.78 is 4.99. The lowest BCUT2D eigenvalue weighted by Gasteiger charge is -2.34. The highest BCUT2D eigenvalue weighted by molar-refractivity contribution is 5.77. The van der Waals surface area contributed by atoms with E-state index in [9.17, 15) is 4.79 Å². The van der Waals surface area contributed by atoms with E-state index in [0.29, 0.717) is 25.6 Å². The van der Waals surface area contributed by atoms with Crippen molar-refractivity contribution in [1.29, 1.82) is 0 Å². The highest BCUT2D eigenvalue weighted by Crippen LogP contribution is 2.16. The molecular formula is C20H33N3O2. The van der Waals surface area contributed by atoms with Gasteiger partial charge in [0.15, 0.2) is 0 Å². The first-order valence-corrected chi connectivity index (χ1v) is 9.37. The predicted octanol–water partition coefficient (Wildman–Crippen LogP) is 2.08. The van der Waals surface area contributed by atoms with E-state index in [4.69, 9.17) is 4.74 Å². The van der Waals surface area contributed by atoms with Gasteiger partial charge in [-0.2, -0.15) is 0 Å². The van der Waals surface area contributed by atoms with E-state index in [0.717, 1.165) is 39.1 Å². The Morgan fingerprint density at radius 3 is 2.36 bits per heavy atom. The minimum atomic E-state index is 0.119. The third kappa shape index (κ3) is 7.14. The summed E-state index contributed by atoms with van der Waals surface area (Å²) in [6.45, 7) is 11.3. The van der Waals surface area contributed by atoms with Crippen molar-refractivity contribution in [1.82, 2.24) is 15.1 Å². The molecule has 1 aliphatic heterocycles. The lowest BCUT2D eigenvalue weighted by atomic mass is 10.0. The van der Waals surface area contributed by atoms with Crippen LogP contribution in [0.2, 0.25) is 0 Å². The maximum absolute atomic E-state index is 11.9. The molecule has 5 nitrogen and oxygen atoms in total. The van der Waals surface area contributed by atoms with Gasteiger partial charge in [0, 0.05) is 53.0 Å². The largest absolute Gasteiger partial charge is 0.385 e. The number of methoxy groups -OCH3 is 1. The Balaban J connectivity index is 1.66. The molecule has 0 aliphatic carbocycles. The number of nitrogens with one attached hydrogen (secondary N) is 1. The van der Waals surface area contributed by atoms with Gasteiger partial charge in [0.05, 0.1) is 6.54 Å². The molecule has 1 heterocycles. The quantitative estimate of drug-likeness (QED) is 0.695. The fourth-order valence-corrected chi connectivity index (χ4v) is 3.07. The summed E-state index contributed by atoms with van der Waals surface area (Å²) in [4.78, 5) is 16.6. The van der Waals surface area contributed by atoms with Crippen LogP contribution in [0.1, 0.15) is 37.3 Å². The van der Waals surface area contributed by atoms with Crippen LogP contribution in [-0.4, -0.2) is 68.7 Å². The second kappa shape index (κ2) is 10.5. The number of carbonyl (C=O) groups is 1. The number of nitrogens with zero attached hydrogens (tertiary/aromatic N) is 2. The molecule has 0 radical (unpaired) electrons. The van der Waals surface area contributed by atoms with Crippen molar-refractivity contribution in [3.05, 3.63) is 35.4 Å². The maximum atomic E-state index is 11.9. The smallest absolute Gasteiger partial charge is 0.234 e. The van der Waals surface area contributed by atoms with Gasteiger partial charge in [-0.15, -0.1) is 0 Å². The Labute approximate surface area is 152 Å². The van der Waals surface area contributed by atoms with E-state index in [1.54, 1.807) is 7.11 Å². The molecule has 1 aromatic carbocycles. The van der Waals surface area contributed by atoms with Gasteiger partial charge in [-0.1, -0.05) is 38.1 Å². The first-order valence-electron chi connectivity index (χ1n) is 9.37. The number of hydrogen-bond acceptors (Lipinski definition) is 4. The normalized spacial score (nSPS) is 16.3. The topological polar surface area (TPSA) is 44.8 Å². The number of rotatable bonds is 9. The summed E-state index contributed by atoms with van der Waals surface area (Å²) in [7, 11) is 1.68. The summed E-state index contributed by atoms with van der Waals surface area (Å²) in [5.41, 5.74) is 2.76. The number of carbonyl (C=O) groups excluding carboxylic acids is 1. The van der Waals surface area contributed by atoms with Crippen LogP contribution in [0.25, 0.3) is 0 Å². The molecule has 140 valence electrons. The van der Waals surface area contributed by atoms with Gasteiger partial charge in [-0.3, -0.25) is 14.6 Å². The lowest BCUT2D eigenvalue weighted by Crippen LogP contribution is -2.49. The van der Waals surface area contributed by atoms with Gasteiger partial charge in [0.25, 0.3) is 0 Å². The van der Waals surface area contributed by atoms with Crippen LogP contribution in [0.3, 0.4) is 0 Å². The number of benzene rings is 1. The van der Waals surface area contributed by atoms with E-state index in [1.165, 1.54) is 11.1 Å². The Morgan fingerprint density at radius 1 is 1.12 bits per heavy atom. The zero-order valence-electron chi connectivity index (χ0n) is 16.0. The molecule has 0 atom stereocenters.